The minimum atomic E-state index is -0.455. The average molecular weight is 304 g/mol. The third kappa shape index (κ3) is 1.66. The third-order valence-corrected chi connectivity index (χ3v) is 8.10. The van der Waals surface area contributed by atoms with Crippen molar-refractivity contribution in [2.24, 2.45) is 34.5 Å². The van der Waals surface area contributed by atoms with Gasteiger partial charge >= 0.3 is 0 Å². The second-order valence-electron chi connectivity index (χ2n) is 8.85. The van der Waals surface area contributed by atoms with Crippen molar-refractivity contribution in [1.82, 2.24) is 0 Å². The van der Waals surface area contributed by atoms with Crippen molar-refractivity contribution in [2.75, 3.05) is 0 Å². The van der Waals surface area contributed by atoms with Crippen LogP contribution in [0, 0.1) is 34.5 Å². The molecule has 3 saturated carbocycles. The highest BCUT2D eigenvalue weighted by atomic mass is 16.3. The van der Waals surface area contributed by atoms with E-state index in [2.05, 4.69) is 13.8 Å². The van der Waals surface area contributed by atoms with E-state index in [0.717, 1.165) is 18.8 Å². The van der Waals surface area contributed by atoms with E-state index in [1.165, 1.54) is 32.1 Å². The van der Waals surface area contributed by atoms with Crippen LogP contribution < -0.4 is 0 Å². The van der Waals surface area contributed by atoms with Crippen molar-refractivity contribution in [3.8, 4) is 0 Å². The van der Waals surface area contributed by atoms with E-state index >= 15 is 0 Å². The topological polar surface area (TPSA) is 57.5 Å². The molecule has 1 unspecified atom stereocenters. The maximum absolute atomic E-state index is 12.9. The Morgan fingerprint density at radius 1 is 1.00 bits per heavy atom. The summed E-state index contributed by atoms with van der Waals surface area (Å²) in [5.41, 5.74) is 0.0330. The largest absolute Gasteiger partial charge is 0.508 e. The van der Waals surface area contributed by atoms with Crippen molar-refractivity contribution in [1.29, 1.82) is 0 Å². The number of rotatable bonds is 0. The van der Waals surface area contributed by atoms with E-state index < -0.39 is 5.41 Å². The Balaban J connectivity index is 1.73. The van der Waals surface area contributed by atoms with E-state index in [-0.39, 0.29) is 23.2 Å². The zero-order chi connectivity index (χ0) is 15.7. The van der Waals surface area contributed by atoms with E-state index in [9.17, 15) is 15.0 Å². The summed E-state index contributed by atoms with van der Waals surface area (Å²) in [4.78, 5) is 12.9. The fraction of sp³-hybridized carbons (Fsp3) is 0.842. The molecule has 0 spiro atoms. The number of fused-ring (bicyclic) bond motifs is 5. The second-order valence-corrected chi connectivity index (χ2v) is 8.85. The average Bonchev–Trinajstić information content (AvgIpc) is 2.89. The maximum Gasteiger partial charge on any atom is 0.207 e. The lowest BCUT2D eigenvalue weighted by atomic mass is 9.45. The number of ketones is 1. The predicted molar refractivity (Wildman–Crippen MR) is 84.4 cm³/mol. The molecule has 3 nitrogen and oxygen atoms in total. The minimum absolute atomic E-state index is 0.0764. The van der Waals surface area contributed by atoms with Gasteiger partial charge in [0.05, 0.1) is 0 Å². The van der Waals surface area contributed by atoms with Gasteiger partial charge < -0.3 is 10.2 Å². The van der Waals surface area contributed by atoms with Crippen molar-refractivity contribution in [2.45, 2.75) is 65.2 Å². The van der Waals surface area contributed by atoms with Crippen LogP contribution in [0.3, 0.4) is 0 Å². The SMILES string of the molecule is C[C@@]12CCC[C@H]1[C@@H]1CCC3CC(O)=C(O)C(=O)[C@]3(C)[C@H]1CC2. The summed E-state index contributed by atoms with van der Waals surface area (Å²) in [7, 11) is 0. The van der Waals surface area contributed by atoms with Gasteiger partial charge in [-0.2, -0.15) is 0 Å². The van der Waals surface area contributed by atoms with E-state index in [1.807, 2.05) is 0 Å². The number of hydrogen-bond acceptors (Lipinski definition) is 3. The molecule has 0 aromatic carbocycles. The van der Waals surface area contributed by atoms with Gasteiger partial charge in [-0.05, 0) is 67.6 Å². The summed E-state index contributed by atoms with van der Waals surface area (Å²) in [6.07, 6.45) is 9.05. The summed E-state index contributed by atoms with van der Waals surface area (Å²) in [5, 5.41) is 20.0. The highest BCUT2D eigenvalue weighted by molar-refractivity contribution is 5.99. The summed E-state index contributed by atoms with van der Waals surface area (Å²) in [6, 6.07) is 0. The number of aliphatic hydroxyl groups is 2. The molecule has 0 bridgehead atoms. The first-order valence-corrected chi connectivity index (χ1v) is 9.04. The van der Waals surface area contributed by atoms with Gasteiger partial charge in [-0.25, -0.2) is 0 Å². The summed E-state index contributed by atoms with van der Waals surface area (Å²) < 4.78 is 0. The molecule has 3 heteroatoms. The predicted octanol–water partition coefficient (Wildman–Crippen LogP) is 4.54. The molecule has 4 aliphatic carbocycles. The van der Waals surface area contributed by atoms with Gasteiger partial charge in [0.25, 0.3) is 0 Å². The van der Waals surface area contributed by atoms with Gasteiger partial charge in [-0.15, -0.1) is 0 Å². The van der Waals surface area contributed by atoms with Crippen LogP contribution in [0.5, 0.6) is 0 Å². The molecular formula is C19H28O3. The van der Waals surface area contributed by atoms with Crippen LogP contribution in [0.15, 0.2) is 11.5 Å². The Morgan fingerprint density at radius 2 is 1.77 bits per heavy atom. The maximum atomic E-state index is 12.9. The first-order valence-electron chi connectivity index (χ1n) is 9.04. The second kappa shape index (κ2) is 4.52. The number of aliphatic hydroxyl groups excluding tert-OH is 2. The number of carbonyl (C=O) groups excluding carboxylic acids is 1. The van der Waals surface area contributed by atoms with Gasteiger partial charge in [0.15, 0.2) is 5.76 Å². The van der Waals surface area contributed by atoms with Crippen LogP contribution in [-0.2, 0) is 4.79 Å². The molecule has 4 aliphatic rings. The fourth-order valence-corrected chi connectivity index (χ4v) is 6.81. The van der Waals surface area contributed by atoms with Gasteiger partial charge in [0.1, 0.15) is 5.76 Å². The molecule has 0 heterocycles. The van der Waals surface area contributed by atoms with Crippen LogP contribution in [0.25, 0.3) is 0 Å². The minimum Gasteiger partial charge on any atom is -0.508 e. The van der Waals surface area contributed by atoms with Crippen LogP contribution in [0.2, 0.25) is 0 Å². The molecular weight excluding hydrogens is 276 g/mol. The van der Waals surface area contributed by atoms with Gasteiger partial charge in [-0.3, -0.25) is 4.79 Å². The normalized spacial score (nSPS) is 51.3. The molecule has 0 saturated heterocycles. The fourth-order valence-electron chi connectivity index (χ4n) is 6.81. The number of carbonyl (C=O) groups is 1. The Labute approximate surface area is 132 Å². The molecule has 22 heavy (non-hydrogen) atoms. The molecule has 0 aromatic rings. The lowest BCUT2D eigenvalue weighted by Gasteiger charge is -2.58. The molecule has 0 aliphatic heterocycles. The van der Waals surface area contributed by atoms with E-state index in [1.54, 1.807) is 0 Å². The van der Waals surface area contributed by atoms with Crippen molar-refractivity contribution in [3.05, 3.63) is 11.5 Å². The molecule has 0 radical (unpaired) electrons. The lowest BCUT2D eigenvalue weighted by molar-refractivity contribution is -0.151. The van der Waals surface area contributed by atoms with Crippen LogP contribution in [0.1, 0.15) is 65.2 Å². The highest BCUT2D eigenvalue weighted by Crippen LogP contribution is 2.65. The Morgan fingerprint density at radius 3 is 2.55 bits per heavy atom. The van der Waals surface area contributed by atoms with E-state index in [4.69, 9.17) is 0 Å². The number of allylic oxidation sites excluding steroid dienone is 2. The summed E-state index contributed by atoms with van der Waals surface area (Å²) >= 11 is 0. The molecule has 6 atom stereocenters. The molecule has 0 aromatic heterocycles. The summed E-state index contributed by atoms with van der Waals surface area (Å²) in [5.74, 6) is 1.40. The van der Waals surface area contributed by atoms with E-state index in [0.29, 0.717) is 23.7 Å². The zero-order valence-electron chi connectivity index (χ0n) is 13.8. The Bertz CT molecular complexity index is 551. The standard InChI is InChI=1S/C19H28O3/c1-18-8-3-4-13(18)12-6-5-11-10-15(20)16(21)17(22)19(11,2)14(12)7-9-18/h11-14,20-21H,3-10H2,1-2H3/t11?,12-,13-,14-,18-,19-/m0/s1. The van der Waals surface area contributed by atoms with Crippen molar-refractivity contribution < 1.29 is 15.0 Å². The molecule has 122 valence electrons. The van der Waals surface area contributed by atoms with Crippen LogP contribution in [0.4, 0.5) is 0 Å². The monoisotopic (exact) mass is 304 g/mol. The summed E-state index contributed by atoms with van der Waals surface area (Å²) in [6.45, 7) is 4.54. The van der Waals surface area contributed by atoms with Crippen molar-refractivity contribution >= 4 is 5.78 Å². The van der Waals surface area contributed by atoms with Crippen LogP contribution in [-0.4, -0.2) is 16.0 Å². The Kier molecular flexibility index (Phi) is 3.00. The van der Waals surface area contributed by atoms with Gasteiger partial charge in [0, 0.05) is 11.8 Å². The van der Waals surface area contributed by atoms with Crippen LogP contribution >= 0.6 is 0 Å². The first-order chi connectivity index (χ1) is 10.4. The van der Waals surface area contributed by atoms with Crippen molar-refractivity contribution in [3.63, 3.8) is 0 Å². The zero-order valence-corrected chi connectivity index (χ0v) is 13.8. The third-order valence-electron chi connectivity index (χ3n) is 8.10. The molecule has 3 fully saturated rings. The molecule has 4 rings (SSSR count). The smallest absolute Gasteiger partial charge is 0.207 e. The Hall–Kier alpha value is -0.990. The number of hydrogen-bond donors (Lipinski definition) is 2. The number of Topliss-reactive ketones (excluding diaryl/α,β-unsaturated/α-hetero) is 1. The van der Waals surface area contributed by atoms with Gasteiger partial charge in [-0.1, -0.05) is 20.3 Å². The van der Waals surface area contributed by atoms with Gasteiger partial charge in [0.2, 0.25) is 5.78 Å². The molecule has 2 N–H and O–H groups in total. The first kappa shape index (κ1) is 14.6. The quantitative estimate of drug-likeness (QED) is 0.691. The molecule has 0 amide bonds. The lowest BCUT2D eigenvalue weighted by Crippen LogP contribution is -2.56. The highest BCUT2D eigenvalue weighted by Gasteiger charge is 2.61.